The minimum Gasteiger partial charge on any atom is -0.310 e. The van der Waals surface area contributed by atoms with E-state index in [9.17, 15) is 0 Å². The summed E-state index contributed by atoms with van der Waals surface area (Å²) in [6, 6.07) is 2.73. The predicted octanol–water partition coefficient (Wildman–Crippen LogP) is 3.59. The molecule has 1 saturated heterocycles. The summed E-state index contributed by atoms with van der Waals surface area (Å²) in [6.45, 7) is 3.17. The Labute approximate surface area is 113 Å². The zero-order chi connectivity index (χ0) is 12.5. The molecule has 18 heavy (non-hydrogen) atoms. The van der Waals surface area contributed by atoms with E-state index in [-0.39, 0.29) is 0 Å². The fourth-order valence-corrected chi connectivity index (χ4v) is 3.22. The van der Waals surface area contributed by atoms with Gasteiger partial charge in [0.15, 0.2) is 0 Å². The third-order valence-corrected chi connectivity index (χ3v) is 4.59. The second-order valence-electron chi connectivity index (χ2n) is 5.44. The maximum Gasteiger partial charge on any atom is 0.131 e. The number of piperidine rings is 1. The number of rotatable bonds is 1. The maximum absolute atomic E-state index is 5.99. The number of hydrogen-bond acceptors (Lipinski definition) is 2. The highest BCUT2D eigenvalue weighted by atomic mass is 35.5. The van der Waals surface area contributed by atoms with Crippen molar-refractivity contribution in [2.24, 2.45) is 5.92 Å². The van der Waals surface area contributed by atoms with Gasteiger partial charge in [-0.1, -0.05) is 17.7 Å². The molecule has 2 aliphatic rings. The Morgan fingerprint density at radius 2 is 2.28 bits per heavy atom. The molecule has 0 saturated carbocycles. The summed E-state index contributed by atoms with van der Waals surface area (Å²) in [5.74, 6) is 0.837. The number of pyridine rings is 1. The van der Waals surface area contributed by atoms with Crippen LogP contribution in [-0.4, -0.2) is 17.6 Å². The van der Waals surface area contributed by atoms with Gasteiger partial charge in [-0.15, -0.1) is 0 Å². The van der Waals surface area contributed by atoms with Gasteiger partial charge in [-0.05, 0) is 67.8 Å². The molecule has 0 bridgehead atoms. The van der Waals surface area contributed by atoms with Gasteiger partial charge in [-0.3, -0.25) is 0 Å². The van der Waals surface area contributed by atoms with Gasteiger partial charge >= 0.3 is 0 Å². The monoisotopic (exact) mass is 262 g/mol. The highest BCUT2D eigenvalue weighted by Gasteiger charge is 2.27. The molecule has 1 aliphatic heterocycles. The van der Waals surface area contributed by atoms with Crippen LogP contribution in [0.25, 0.3) is 5.57 Å². The van der Waals surface area contributed by atoms with E-state index in [0.29, 0.717) is 11.2 Å². The van der Waals surface area contributed by atoms with Crippen LogP contribution in [0.4, 0.5) is 0 Å². The first-order valence-electron chi connectivity index (χ1n) is 6.80. The minimum absolute atomic E-state index is 0.568. The highest BCUT2D eigenvalue weighted by molar-refractivity contribution is 6.30. The summed E-state index contributed by atoms with van der Waals surface area (Å²) in [5, 5.41) is 4.24. The van der Waals surface area contributed by atoms with E-state index in [1.807, 2.05) is 13.1 Å². The molecule has 0 radical (unpaired) electrons. The lowest BCUT2D eigenvalue weighted by Gasteiger charge is -2.35. The van der Waals surface area contributed by atoms with Crippen LogP contribution in [0.5, 0.6) is 0 Å². The predicted molar refractivity (Wildman–Crippen MR) is 75.7 cm³/mol. The van der Waals surface area contributed by atoms with Gasteiger partial charge < -0.3 is 5.32 Å². The summed E-state index contributed by atoms with van der Waals surface area (Å²) in [4.78, 5) is 4.26. The van der Waals surface area contributed by atoms with Gasteiger partial charge in [0.2, 0.25) is 0 Å². The number of nitrogens with one attached hydrogen (secondary N) is 1. The second kappa shape index (κ2) is 5.02. The SMILES string of the molecule is Cc1cc(C2=C[C@@H]3NCCC[C@@H]3CC2)cnc1Cl. The lowest BCUT2D eigenvalue weighted by molar-refractivity contribution is 0.298. The van der Waals surface area contributed by atoms with Crippen LogP contribution in [-0.2, 0) is 0 Å². The van der Waals surface area contributed by atoms with Gasteiger partial charge in [-0.2, -0.15) is 0 Å². The van der Waals surface area contributed by atoms with Crippen molar-refractivity contribution < 1.29 is 0 Å². The molecule has 1 aliphatic carbocycles. The Bertz CT molecular complexity index is 481. The third-order valence-electron chi connectivity index (χ3n) is 4.19. The number of allylic oxidation sites excluding steroid dienone is 1. The molecule has 2 atom stereocenters. The van der Waals surface area contributed by atoms with Crippen LogP contribution in [0.1, 0.15) is 36.8 Å². The molecule has 1 aromatic rings. The van der Waals surface area contributed by atoms with Crippen LogP contribution < -0.4 is 5.32 Å². The summed E-state index contributed by atoms with van der Waals surface area (Å²) in [5.41, 5.74) is 3.73. The number of fused-ring (bicyclic) bond motifs is 1. The zero-order valence-corrected chi connectivity index (χ0v) is 11.5. The first kappa shape index (κ1) is 12.2. The van der Waals surface area contributed by atoms with Crippen molar-refractivity contribution in [2.75, 3.05) is 6.54 Å². The molecular formula is C15H19ClN2. The van der Waals surface area contributed by atoms with Gasteiger partial charge in [0, 0.05) is 12.2 Å². The summed E-state index contributed by atoms with van der Waals surface area (Å²) in [7, 11) is 0. The van der Waals surface area contributed by atoms with Crippen molar-refractivity contribution in [3.8, 4) is 0 Å². The van der Waals surface area contributed by atoms with E-state index in [1.165, 1.54) is 36.8 Å². The molecule has 0 amide bonds. The smallest absolute Gasteiger partial charge is 0.131 e. The van der Waals surface area contributed by atoms with Crippen LogP contribution in [0.3, 0.4) is 0 Å². The van der Waals surface area contributed by atoms with Gasteiger partial charge in [0.1, 0.15) is 5.15 Å². The Morgan fingerprint density at radius 3 is 3.11 bits per heavy atom. The fraction of sp³-hybridized carbons (Fsp3) is 0.533. The Balaban J connectivity index is 1.87. The first-order chi connectivity index (χ1) is 8.74. The van der Waals surface area contributed by atoms with E-state index < -0.39 is 0 Å². The van der Waals surface area contributed by atoms with E-state index in [2.05, 4.69) is 22.4 Å². The molecule has 2 heterocycles. The molecule has 1 fully saturated rings. The van der Waals surface area contributed by atoms with E-state index in [0.717, 1.165) is 18.0 Å². The number of aromatic nitrogens is 1. The van der Waals surface area contributed by atoms with Gasteiger partial charge in [0.05, 0.1) is 0 Å². The van der Waals surface area contributed by atoms with Gasteiger partial charge in [-0.25, -0.2) is 4.98 Å². The molecule has 2 nitrogen and oxygen atoms in total. The molecule has 0 spiro atoms. The Kier molecular flexibility index (Phi) is 3.40. The summed E-state index contributed by atoms with van der Waals surface area (Å²) < 4.78 is 0. The number of aryl methyl sites for hydroxylation is 1. The largest absolute Gasteiger partial charge is 0.310 e. The Morgan fingerprint density at radius 1 is 1.39 bits per heavy atom. The standard InChI is InChI=1S/C15H19ClN2/c1-10-7-13(9-18-15(10)16)12-5-4-11-3-2-6-17-14(11)8-12/h7-9,11,14,17H,2-6H2,1H3/t11-,14+/m1/s1. The quantitative estimate of drug-likeness (QED) is 0.783. The van der Waals surface area contributed by atoms with Gasteiger partial charge in [0.25, 0.3) is 0 Å². The van der Waals surface area contributed by atoms with Crippen LogP contribution in [0.15, 0.2) is 18.3 Å². The topological polar surface area (TPSA) is 24.9 Å². The number of halogens is 1. The minimum atomic E-state index is 0.568. The first-order valence-corrected chi connectivity index (χ1v) is 7.18. The lowest BCUT2D eigenvalue weighted by atomic mass is 9.79. The van der Waals surface area contributed by atoms with Crippen molar-refractivity contribution in [1.82, 2.24) is 10.3 Å². The van der Waals surface area contributed by atoms with Crippen molar-refractivity contribution >= 4 is 17.2 Å². The molecule has 3 heteroatoms. The molecule has 3 rings (SSSR count). The highest BCUT2D eigenvalue weighted by Crippen LogP contribution is 2.34. The average molecular weight is 263 g/mol. The van der Waals surface area contributed by atoms with Crippen LogP contribution >= 0.6 is 11.6 Å². The average Bonchev–Trinajstić information content (AvgIpc) is 2.41. The van der Waals surface area contributed by atoms with E-state index in [1.54, 1.807) is 0 Å². The number of hydrogen-bond donors (Lipinski definition) is 1. The fourth-order valence-electron chi connectivity index (χ4n) is 3.11. The lowest BCUT2D eigenvalue weighted by Crippen LogP contribution is -2.41. The molecule has 96 valence electrons. The molecular weight excluding hydrogens is 244 g/mol. The maximum atomic E-state index is 5.99. The molecule has 1 aromatic heterocycles. The van der Waals surface area contributed by atoms with Crippen LogP contribution in [0, 0.1) is 12.8 Å². The van der Waals surface area contributed by atoms with Crippen LogP contribution in [0.2, 0.25) is 5.15 Å². The van der Waals surface area contributed by atoms with E-state index in [4.69, 9.17) is 11.6 Å². The Hall–Kier alpha value is -0.860. The van der Waals surface area contributed by atoms with E-state index >= 15 is 0 Å². The van der Waals surface area contributed by atoms with Crippen molar-refractivity contribution in [3.05, 3.63) is 34.6 Å². The molecule has 0 unspecified atom stereocenters. The van der Waals surface area contributed by atoms with Crippen molar-refractivity contribution in [1.29, 1.82) is 0 Å². The van der Waals surface area contributed by atoms with Crippen molar-refractivity contribution in [2.45, 2.75) is 38.6 Å². The van der Waals surface area contributed by atoms with Crippen molar-refractivity contribution in [3.63, 3.8) is 0 Å². The normalized spacial score (nSPS) is 27.6. The number of nitrogens with zero attached hydrogens (tertiary/aromatic N) is 1. The molecule has 1 N–H and O–H groups in total. The summed E-state index contributed by atoms with van der Waals surface area (Å²) >= 11 is 5.99. The molecule has 0 aromatic carbocycles. The second-order valence-corrected chi connectivity index (χ2v) is 5.80. The zero-order valence-electron chi connectivity index (χ0n) is 10.7. The third kappa shape index (κ3) is 2.32. The summed E-state index contributed by atoms with van der Waals surface area (Å²) in [6.07, 6.45) is 9.49.